The van der Waals surface area contributed by atoms with Gasteiger partial charge in [-0.1, -0.05) is 23.9 Å². The number of benzene rings is 1. The molecule has 0 amide bonds. The van der Waals surface area contributed by atoms with E-state index in [1.807, 2.05) is 0 Å². The van der Waals surface area contributed by atoms with Crippen molar-refractivity contribution in [1.82, 2.24) is 0 Å². The van der Waals surface area contributed by atoms with E-state index in [-0.39, 0.29) is 21.9 Å². The monoisotopic (exact) mass is 283 g/mol. The van der Waals surface area contributed by atoms with Gasteiger partial charge in [0.05, 0.1) is 5.56 Å². The molecule has 0 bridgehead atoms. The van der Waals surface area contributed by atoms with Gasteiger partial charge in [-0.3, -0.25) is 4.79 Å². The van der Waals surface area contributed by atoms with E-state index in [0.717, 1.165) is 6.07 Å². The van der Waals surface area contributed by atoms with Crippen LogP contribution in [0.5, 0.6) is 0 Å². The van der Waals surface area contributed by atoms with E-state index in [2.05, 4.69) is 0 Å². The number of nitrogens with two attached hydrogens (primary N) is 1. The third-order valence-corrected chi connectivity index (χ3v) is 3.13. The molecular weight excluding hydrogens is 269 g/mol. The number of carbonyl (C=O) groups excluding carboxylic acids is 1. The molecule has 0 aliphatic rings. The van der Waals surface area contributed by atoms with Gasteiger partial charge in [-0.05, 0) is 18.6 Å². The quantitative estimate of drug-likeness (QED) is 0.641. The Bertz CT molecular complexity index is 529. The number of hydrogen-bond donors (Lipinski definition) is 2. The summed E-state index contributed by atoms with van der Waals surface area (Å²) in [5.41, 5.74) is 5.35. The summed E-state index contributed by atoms with van der Waals surface area (Å²) in [6, 6.07) is 2.19. The van der Waals surface area contributed by atoms with Gasteiger partial charge in [0.1, 0.15) is 5.82 Å². The normalized spacial score (nSPS) is 10.8. The lowest BCUT2D eigenvalue weighted by molar-refractivity contribution is -0.109. The first-order valence-electron chi connectivity index (χ1n) is 5.54. The van der Waals surface area contributed by atoms with Gasteiger partial charge in [0.25, 0.3) is 0 Å². The Morgan fingerprint density at radius 3 is 2.74 bits per heavy atom. The highest BCUT2D eigenvalue weighted by atomic mass is 32.2. The molecule has 0 heterocycles. The van der Waals surface area contributed by atoms with E-state index in [1.165, 1.54) is 30.8 Å². The Balaban J connectivity index is 2.77. The van der Waals surface area contributed by atoms with E-state index < -0.39 is 11.8 Å². The molecule has 1 aromatic rings. The zero-order valence-corrected chi connectivity index (χ0v) is 11.2. The summed E-state index contributed by atoms with van der Waals surface area (Å²) in [7, 11) is 0. The number of anilines is 1. The van der Waals surface area contributed by atoms with Crippen molar-refractivity contribution in [1.29, 1.82) is 0 Å². The molecule has 3 N–H and O–H groups in total. The highest BCUT2D eigenvalue weighted by molar-refractivity contribution is 8.13. The van der Waals surface area contributed by atoms with Crippen LogP contribution in [0.15, 0.2) is 18.2 Å². The molecule has 0 saturated heterocycles. The number of thioether (sulfide) groups is 1. The van der Waals surface area contributed by atoms with E-state index in [9.17, 15) is 14.0 Å². The van der Waals surface area contributed by atoms with E-state index in [1.54, 1.807) is 6.08 Å². The molecule has 0 aliphatic heterocycles. The molecule has 1 rings (SSSR count). The average Bonchev–Trinajstić information content (AvgIpc) is 2.30. The molecule has 0 spiro atoms. The minimum Gasteiger partial charge on any atom is -0.478 e. The zero-order valence-electron chi connectivity index (χ0n) is 10.4. The number of hydrogen-bond acceptors (Lipinski definition) is 4. The van der Waals surface area contributed by atoms with Crippen LogP contribution in [0.3, 0.4) is 0 Å². The lowest BCUT2D eigenvalue weighted by Gasteiger charge is -2.04. The molecule has 6 heteroatoms. The van der Waals surface area contributed by atoms with Crippen molar-refractivity contribution in [3.8, 4) is 0 Å². The van der Waals surface area contributed by atoms with Crippen LogP contribution in [-0.4, -0.2) is 21.9 Å². The van der Waals surface area contributed by atoms with Gasteiger partial charge in [0.15, 0.2) is 5.12 Å². The summed E-state index contributed by atoms with van der Waals surface area (Å²) in [5.74, 6) is -1.16. The van der Waals surface area contributed by atoms with Crippen molar-refractivity contribution < 1.29 is 19.1 Å². The van der Waals surface area contributed by atoms with Gasteiger partial charge in [0.2, 0.25) is 0 Å². The fourth-order valence-corrected chi connectivity index (χ4v) is 1.94. The molecule has 0 radical (unpaired) electrons. The molecule has 19 heavy (non-hydrogen) atoms. The summed E-state index contributed by atoms with van der Waals surface area (Å²) in [4.78, 5) is 21.6. The molecule has 0 unspecified atom stereocenters. The summed E-state index contributed by atoms with van der Waals surface area (Å²) >= 11 is 1.18. The van der Waals surface area contributed by atoms with E-state index in [4.69, 9.17) is 10.8 Å². The maximum Gasteiger partial charge on any atom is 0.337 e. The second-order valence-corrected chi connectivity index (χ2v) is 5.07. The van der Waals surface area contributed by atoms with Crippen LogP contribution in [0, 0.1) is 5.82 Å². The van der Waals surface area contributed by atoms with Crippen molar-refractivity contribution in [2.45, 2.75) is 13.3 Å². The molecule has 0 aliphatic carbocycles. The largest absolute Gasteiger partial charge is 0.478 e. The van der Waals surface area contributed by atoms with E-state index >= 15 is 0 Å². The van der Waals surface area contributed by atoms with Crippen LogP contribution in [0.25, 0.3) is 6.08 Å². The van der Waals surface area contributed by atoms with Crippen molar-refractivity contribution in [2.24, 2.45) is 0 Å². The number of carboxylic acid groups (broad SMARTS) is 1. The Morgan fingerprint density at radius 1 is 1.47 bits per heavy atom. The van der Waals surface area contributed by atoms with Crippen molar-refractivity contribution in [3.05, 3.63) is 35.2 Å². The van der Waals surface area contributed by atoms with Gasteiger partial charge in [0, 0.05) is 23.9 Å². The topological polar surface area (TPSA) is 80.4 Å². The third-order valence-electron chi connectivity index (χ3n) is 2.29. The standard InChI is InChI=1S/C13H14FNO3S/c1-8(16)19-5-3-2-4-9-6-10(13(17)18)12(15)7-11(9)14/h2,4,6-7H,3,5,15H2,1H3,(H,17,18). The zero-order chi connectivity index (χ0) is 14.4. The Morgan fingerprint density at radius 2 is 2.16 bits per heavy atom. The number of halogens is 1. The maximum atomic E-state index is 13.5. The number of carboxylic acids is 1. The summed E-state index contributed by atoms with van der Waals surface area (Å²) in [6.07, 6.45) is 3.77. The highest BCUT2D eigenvalue weighted by Gasteiger charge is 2.11. The van der Waals surface area contributed by atoms with Gasteiger partial charge in [-0.25, -0.2) is 9.18 Å². The second-order valence-electron chi connectivity index (χ2n) is 3.80. The lowest BCUT2D eigenvalue weighted by atomic mass is 10.1. The fraction of sp³-hybridized carbons (Fsp3) is 0.231. The number of aromatic carboxylic acids is 1. The van der Waals surface area contributed by atoms with Crippen LogP contribution in [0.4, 0.5) is 10.1 Å². The lowest BCUT2D eigenvalue weighted by Crippen LogP contribution is -2.04. The smallest absolute Gasteiger partial charge is 0.337 e. The molecule has 0 saturated carbocycles. The number of nitrogen functional groups attached to an aromatic ring is 1. The second kappa shape index (κ2) is 6.94. The van der Waals surface area contributed by atoms with Crippen LogP contribution < -0.4 is 5.73 Å². The Labute approximate surface area is 114 Å². The van der Waals surface area contributed by atoms with Crippen LogP contribution >= 0.6 is 11.8 Å². The van der Waals surface area contributed by atoms with Crippen LogP contribution in [0.2, 0.25) is 0 Å². The van der Waals surface area contributed by atoms with Gasteiger partial charge in [-0.2, -0.15) is 0 Å². The van der Waals surface area contributed by atoms with Gasteiger partial charge < -0.3 is 10.8 Å². The molecule has 0 fully saturated rings. The van der Waals surface area contributed by atoms with E-state index in [0.29, 0.717) is 12.2 Å². The highest BCUT2D eigenvalue weighted by Crippen LogP contribution is 2.19. The third kappa shape index (κ3) is 4.75. The van der Waals surface area contributed by atoms with Crippen molar-refractivity contribution >= 4 is 34.6 Å². The first-order chi connectivity index (χ1) is 8.91. The van der Waals surface area contributed by atoms with Gasteiger partial charge >= 0.3 is 5.97 Å². The predicted octanol–water partition coefficient (Wildman–Crippen LogP) is 2.79. The molecule has 0 atom stereocenters. The minimum absolute atomic E-state index is 0.0280. The number of rotatable bonds is 5. The Kier molecular flexibility index (Phi) is 5.57. The first-order valence-corrected chi connectivity index (χ1v) is 6.52. The molecule has 4 nitrogen and oxygen atoms in total. The predicted molar refractivity (Wildman–Crippen MR) is 74.6 cm³/mol. The average molecular weight is 283 g/mol. The molecule has 102 valence electrons. The summed E-state index contributed by atoms with van der Waals surface area (Å²) in [5, 5.41) is 8.91. The molecule has 0 aromatic heterocycles. The minimum atomic E-state index is -1.20. The van der Waals surface area contributed by atoms with Crippen LogP contribution in [-0.2, 0) is 4.79 Å². The van der Waals surface area contributed by atoms with Crippen LogP contribution in [0.1, 0.15) is 29.3 Å². The number of carbonyl (C=O) groups is 2. The maximum absolute atomic E-state index is 13.5. The van der Waals surface area contributed by atoms with Gasteiger partial charge in [-0.15, -0.1) is 0 Å². The fourth-order valence-electron chi connectivity index (χ4n) is 1.40. The molecular formula is C13H14FNO3S. The van der Waals surface area contributed by atoms with Crippen molar-refractivity contribution in [2.75, 3.05) is 11.5 Å². The summed E-state index contributed by atoms with van der Waals surface area (Å²) in [6.45, 7) is 1.48. The van der Waals surface area contributed by atoms with Crippen molar-refractivity contribution in [3.63, 3.8) is 0 Å². The summed E-state index contributed by atoms with van der Waals surface area (Å²) < 4.78 is 13.5. The Hall–Kier alpha value is -1.82. The molecule has 1 aromatic carbocycles. The number of allylic oxidation sites excluding steroid dienone is 1. The SMILES string of the molecule is CC(=O)SCCC=Cc1cc(C(=O)O)c(N)cc1F. The first kappa shape index (κ1) is 15.2.